The molecular weight excluding hydrogens is 408 g/mol. The van der Waals surface area contributed by atoms with E-state index in [4.69, 9.17) is 0 Å². The third-order valence-electron chi connectivity index (χ3n) is 4.78. The number of nitrogens with one attached hydrogen (secondary N) is 2. The number of hydrazone groups is 2. The average molecular weight is 439 g/mol. The second kappa shape index (κ2) is 12.9. The number of hydrogen-bond acceptors (Lipinski definition) is 6. The van der Waals surface area contributed by atoms with Gasteiger partial charge in [0.05, 0.1) is 11.4 Å². The van der Waals surface area contributed by atoms with Crippen LogP contribution in [-0.2, 0) is 9.59 Å². The fraction of sp³-hybridized carbons (Fsp3) is 0.333. The minimum absolute atomic E-state index is 0.149. The minimum Gasteiger partial charge on any atom is -0.508 e. The Bertz CT molecular complexity index is 906. The molecule has 0 aliphatic carbocycles. The third kappa shape index (κ3) is 8.99. The predicted octanol–water partition coefficient (Wildman–Crippen LogP) is 3.82. The first-order valence-corrected chi connectivity index (χ1v) is 10.6. The highest BCUT2D eigenvalue weighted by atomic mass is 16.3. The summed E-state index contributed by atoms with van der Waals surface area (Å²) in [6, 6.07) is 13.4. The van der Waals surface area contributed by atoms with Crippen molar-refractivity contribution in [2.75, 3.05) is 0 Å². The van der Waals surface area contributed by atoms with Crippen LogP contribution in [0.5, 0.6) is 11.5 Å². The van der Waals surface area contributed by atoms with Gasteiger partial charge in [0.2, 0.25) is 11.8 Å². The molecule has 0 atom stereocenters. The third-order valence-corrected chi connectivity index (χ3v) is 4.78. The molecule has 0 fully saturated rings. The lowest BCUT2D eigenvalue weighted by molar-refractivity contribution is -0.122. The predicted molar refractivity (Wildman–Crippen MR) is 125 cm³/mol. The van der Waals surface area contributed by atoms with Gasteiger partial charge in [0.15, 0.2) is 0 Å². The number of hydrogen-bond donors (Lipinski definition) is 4. The summed E-state index contributed by atoms with van der Waals surface area (Å²) in [5.41, 5.74) is 7.76. The molecular formula is C24H30N4O4. The van der Waals surface area contributed by atoms with E-state index in [1.165, 1.54) is 0 Å². The minimum atomic E-state index is -0.168. The Morgan fingerprint density at radius 3 is 1.50 bits per heavy atom. The molecule has 0 radical (unpaired) electrons. The Kier molecular flexibility index (Phi) is 9.90. The van der Waals surface area contributed by atoms with Crippen LogP contribution >= 0.6 is 0 Å². The van der Waals surface area contributed by atoms with Gasteiger partial charge >= 0.3 is 0 Å². The van der Waals surface area contributed by atoms with E-state index in [2.05, 4.69) is 21.1 Å². The number of aromatic hydroxyl groups is 2. The largest absolute Gasteiger partial charge is 0.508 e. The molecule has 0 bridgehead atoms. The van der Waals surface area contributed by atoms with Gasteiger partial charge in [0.1, 0.15) is 11.5 Å². The van der Waals surface area contributed by atoms with Gasteiger partial charge in [-0.3, -0.25) is 9.59 Å². The quantitative estimate of drug-likeness (QED) is 0.242. The summed E-state index contributed by atoms with van der Waals surface area (Å²) < 4.78 is 0. The zero-order chi connectivity index (χ0) is 23.3. The Balaban J connectivity index is 1.58. The molecule has 0 saturated heterocycles. The number of rotatable bonds is 11. The van der Waals surface area contributed by atoms with Gasteiger partial charge in [-0.1, -0.05) is 37.1 Å². The molecule has 8 heteroatoms. The zero-order valence-electron chi connectivity index (χ0n) is 18.5. The van der Waals surface area contributed by atoms with Crippen LogP contribution in [0.1, 0.15) is 63.5 Å². The number of amides is 2. The number of phenolic OH excluding ortho intramolecular Hbond substituents is 2. The van der Waals surface area contributed by atoms with E-state index in [-0.39, 0.29) is 23.3 Å². The van der Waals surface area contributed by atoms with Crippen LogP contribution in [0.4, 0.5) is 0 Å². The summed E-state index contributed by atoms with van der Waals surface area (Å²) in [5.74, 6) is -0.0380. The highest BCUT2D eigenvalue weighted by Gasteiger charge is 2.05. The van der Waals surface area contributed by atoms with E-state index in [0.29, 0.717) is 37.1 Å². The van der Waals surface area contributed by atoms with Crippen LogP contribution in [0.25, 0.3) is 0 Å². The van der Waals surface area contributed by atoms with E-state index < -0.39 is 0 Å². The maximum atomic E-state index is 11.9. The lowest BCUT2D eigenvalue weighted by Crippen LogP contribution is -2.19. The number of benzene rings is 2. The SMILES string of the molecule is C/C(=N\NC(=O)CCCCCCC(=O)N/N=C(\C)c1cccc(O)c1)c1cccc(O)c1. The van der Waals surface area contributed by atoms with Crippen molar-refractivity contribution in [2.45, 2.75) is 52.4 Å². The lowest BCUT2D eigenvalue weighted by atomic mass is 10.1. The molecule has 0 spiro atoms. The van der Waals surface area contributed by atoms with Gasteiger partial charge in [-0.25, -0.2) is 10.9 Å². The maximum absolute atomic E-state index is 11.9. The molecule has 2 aromatic carbocycles. The monoisotopic (exact) mass is 438 g/mol. The molecule has 0 aliphatic rings. The van der Waals surface area contributed by atoms with Gasteiger partial charge in [-0.05, 0) is 51.0 Å². The molecule has 170 valence electrons. The molecule has 2 aromatic rings. The van der Waals surface area contributed by atoms with E-state index in [9.17, 15) is 19.8 Å². The summed E-state index contributed by atoms with van der Waals surface area (Å²) in [4.78, 5) is 23.8. The van der Waals surface area contributed by atoms with Crippen molar-refractivity contribution in [3.63, 3.8) is 0 Å². The van der Waals surface area contributed by atoms with Gasteiger partial charge < -0.3 is 10.2 Å². The first-order valence-electron chi connectivity index (χ1n) is 10.6. The number of nitrogens with zero attached hydrogens (tertiary/aromatic N) is 2. The van der Waals surface area contributed by atoms with Crippen LogP contribution in [0.15, 0.2) is 58.7 Å². The Labute approximate surface area is 188 Å². The van der Waals surface area contributed by atoms with Gasteiger partial charge in [0.25, 0.3) is 0 Å². The van der Waals surface area contributed by atoms with E-state index >= 15 is 0 Å². The first-order chi connectivity index (χ1) is 15.3. The Morgan fingerprint density at radius 1 is 0.719 bits per heavy atom. The number of unbranched alkanes of at least 4 members (excludes halogenated alkanes) is 3. The van der Waals surface area contributed by atoms with Crippen LogP contribution in [0.2, 0.25) is 0 Å². The van der Waals surface area contributed by atoms with Crippen molar-refractivity contribution in [2.24, 2.45) is 10.2 Å². The smallest absolute Gasteiger partial charge is 0.240 e. The molecule has 4 N–H and O–H groups in total. The number of phenols is 2. The van der Waals surface area contributed by atoms with Crippen LogP contribution in [-0.4, -0.2) is 33.5 Å². The van der Waals surface area contributed by atoms with Crippen LogP contribution in [0.3, 0.4) is 0 Å². The molecule has 0 aliphatic heterocycles. The summed E-state index contributed by atoms with van der Waals surface area (Å²) >= 11 is 0. The van der Waals surface area contributed by atoms with Crippen molar-refractivity contribution in [1.29, 1.82) is 0 Å². The lowest BCUT2D eigenvalue weighted by Gasteiger charge is -2.05. The Hall–Kier alpha value is -3.68. The normalized spacial score (nSPS) is 11.8. The summed E-state index contributed by atoms with van der Waals surface area (Å²) in [7, 11) is 0. The first kappa shape index (κ1) is 24.6. The average Bonchev–Trinajstić information content (AvgIpc) is 2.78. The highest BCUT2D eigenvalue weighted by molar-refractivity contribution is 6.00. The summed E-state index contributed by atoms with van der Waals surface area (Å²) in [5, 5.41) is 27.1. The van der Waals surface area contributed by atoms with Crippen molar-refractivity contribution >= 4 is 23.2 Å². The molecule has 0 unspecified atom stereocenters. The van der Waals surface area contributed by atoms with Gasteiger partial charge in [-0.2, -0.15) is 10.2 Å². The van der Waals surface area contributed by atoms with E-state index in [0.717, 1.165) is 24.0 Å². The molecule has 0 heterocycles. The van der Waals surface area contributed by atoms with E-state index in [1.807, 2.05) is 0 Å². The topological polar surface area (TPSA) is 123 Å². The van der Waals surface area contributed by atoms with Crippen molar-refractivity contribution < 1.29 is 19.8 Å². The zero-order valence-corrected chi connectivity index (χ0v) is 18.5. The Morgan fingerprint density at radius 2 is 1.12 bits per heavy atom. The van der Waals surface area contributed by atoms with Gasteiger partial charge in [-0.15, -0.1) is 0 Å². The van der Waals surface area contributed by atoms with Crippen molar-refractivity contribution in [1.82, 2.24) is 10.9 Å². The molecule has 8 nitrogen and oxygen atoms in total. The second-order valence-corrected chi connectivity index (χ2v) is 7.48. The molecule has 0 saturated carbocycles. The molecule has 0 aromatic heterocycles. The van der Waals surface area contributed by atoms with Gasteiger partial charge in [0, 0.05) is 24.0 Å². The molecule has 2 rings (SSSR count). The molecule has 2 amide bonds. The second-order valence-electron chi connectivity index (χ2n) is 7.48. The van der Waals surface area contributed by atoms with Crippen molar-refractivity contribution in [3.8, 4) is 11.5 Å². The van der Waals surface area contributed by atoms with Crippen molar-refractivity contribution in [3.05, 3.63) is 59.7 Å². The summed E-state index contributed by atoms with van der Waals surface area (Å²) in [6.45, 7) is 3.52. The summed E-state index contributed by atoms with van der Waals surface area (Å²) in [6.07, 6.45) is 3.81. The van der Waals surface area contributed by atoms with Crippen LogP contribution < -0.4 is 10.9 Å². The fourth-order valence-corrected chi connectivity index (χ4v) is 2.92. The van der Waals surface area contributed by atoms with E-state index in [1.54, 1.807) is 62.4 Å². The fourth-order valence-electron chi connectivity index (χ4n) is 2.92. The standard InChI is InChI=1S/C24H30N4O4/c1-17(19-9-7-11-21(29)15-19)25-27-23(31)13-5-3-4-6-14-24(32)28-26-18(2)20-10-8-12-22(30)16-20/h7-12,15-16,29-30H,3-6,13-14H2,1-2H3,(H,27,31)(H,28,32)/b25-17+,26-18+. The number of carbonyl (C=O) groups is 2. The number of carbonyl (C=O) groups excluding carboxylic acids is 2. The van der Waals surface area contributed by atoms with Crippen LogP contribution in [0, 0.1) is 0 Å². The maximum Gasteiger partial charge on any atom is 0.240 e. The highest BCUT2D eigenvalue weighted by Crippen LogP contribution is 2.12. The molecule has 32 heavy (non-hydrogen) atoms.